The quantitative estimate of drug-likeness (QED) is 0.648. The molecule has 0 aromatic rings. The highest BCUT2D eigenvalue weighted by Crippen LogP contribution is 2.36. The Balaban J connectivity index is 2.27. The lowest BCUT2D eigenvalue weighted by Gasteiger charge is -2.09. The maximum Gasteiger partial charge on any atom is 0.0105 e. The van der Waals surface area contributed by atoms with Crippen molar-refractivity contribution in [1.29, 1.82) is 0 Å². The van der Waals surface area contributed by atoms with E-state index in [0.717, 1.165) is 12.8 Å². The first-order chi connectivity index (χ1) is 6.92. The van der Waals surface area contributed by atoms with Crippen LogP contribution in [0.3, 0.4) is 0 Å². The van der Waals surface area contributed by atoms with Gasteiger partial charge >= 0.3 is 0 Å². The van der Waals surface area contributed by atoms with E-state index < -0.39 is 0 Å². The molecule has 14 heavy (non-hydrogen) atoms. The van der Waals surface area contributed by atoms with Gasteiger partial charge in [-0.3, -0.25) is 0 Å². The summed E-state index contributed by atoms with van der Waals surface area (Å²) in [5, 5.41) is 0. The molecule has 0 bridgehead atoms. The van der Waals surface area contributed by atoms with Crippen LogP contribution in [0.2, 0.25) is 0 Å². The maximum atomic E-state index is 2.38. The summed E-state index contributed by atoms with van der Waals surface area (Å²) < 4.78 is 0. The molecule has 0 aromatic carbocycles. The van der Waals surface area contributed by atoms with Crippen LogP contribution in [-0.4, -0.2) is 5.75 Å². The van der Waals surface area contributed by atoms with Gasteiger partial charge in [0.05, 0.1) is 0 Å². The second kappa shape index (κ2) is 4.70. The molecule has 74 valence electrons. The van der Waals surface area contributed by atoms with E-state index in [2.05, 4.69) is 37.3 Å². The molecular formula is C13H16S. The topological polar surface area (TPSA) is 0 Å². The van der Waals surface area contributed by atoms with Gasteiger partial charge in [-0.1, -0.05) is 37.3 Å². The second-order valence-corrected chi connectivity index (χ2v) is 4.67. The van der Waals surface area contributed by atoms with Crippen LogP contribution < -0.4 is 0 Å². The van der Waals surface area contributed by atoms with E-state index in [0.29, 0.717) is 0 Å². The Morgan fingerprint density at radius 2 is 2.29 bits per heavy atom. The van der Waals surface area contributed by atoms with Crippen LogP contribution in [0, 0.1) is 0 Å². The van der Waals surface area contributed by atoms with E-state index in [1.165, 1.54) is 28.2 Å². The third-order valence-corrected chi connectivity index (χ3v) is 3.73. The zero-order chi connectivity index (χ0) is 9.80. The molecule has 0 aromatic heterocycles. The molecule has 2 rings (SSSR count). The van der Waals surface area contributed by atoms with Gasteiger partial charge in [-0.05, 0) is 30.4 Å². The second-order valence-electron chi connectivity index (χ2n) is 3.53. The fourth-order valence-corrected chi connectivity index (χ4v) is 2.90. The van der Waals surface area contributed by atoms with Crippen molar-refractivity contribution >= 4 is 11.8 Å². The molecule has 0 unspecified atom stereocenters. The van der Waals surface area contributed by atoms with Gasteiger partial charge in [-0.2, -0.15) is 0 Å². The van der Waals surface area contributed by atoms with Crippen LogP contribution >= 0.6 is 11.8 Å². The van der Waals surface area contributed by atoms with Gasteiger partial charge in [0.2, 0.25) is 0 Å². The van der Waals surface area contributed by atoms with Crippen LogP contribution in [-0.2, 0) is 0 Å². The fraction of sp³-hybridized carbons (Fsp3) is 0.385. The fourth-order valence-electron chi connectivity index (χ4n) is 1.84. The molecule has 0 N–H and O–H groups in total. The highest BCUT2D eigenvalue weighted by molar-refractivity contribution is 8.03. The highest BCUT2D eigenvalue weighted by Gasteiger charge is 2.13. The largest absolute Gasteiger partial charge is 0.126 e. The van der Waals surface area contributed by atoms with Crippen LogP contribution in [0.15, 0.2) is 46.4 Å². The molecule has 1 aliphatic heterocycles. The van der Waals surface area contributed by atoms with Crippen molar-refractivity contribution < 1.29 is 0 Å². The van der Waals surface area contributed by atoms with Gasteiger partial charge in [0.25, 0.3) is 0 Å². The minimum atomic E-state index is 1.08. The van der Waals surface area contributed by atoms with Gasteiger partial charge in [0.1, 0.15) is 0 Å². The van der Waals surface area contributed by atoms with E-state index in [9.17, 15) is 0 Å². The van der Waals surface area contributed by atoms with Crippen molar-refractivity contribution in [2.45, 2.75) is 26.2 Å². The van der Waals surface area contributed by atoms with Gasteiger partial charge in [-0.25, -0.2) is 0 Å². The average molecular weight is 204 g/mol. The molecule has 0 amide bonds. The van der Waals surface area contributed by atoms with Crippen LogP contribution in [0.5, 0.6) is 0 Å². The van der Waals surface area contributed by atoms with E-state index in [1.54, 1.807) is 0 Å². The normalized spacial score (nSPS) is 21.4. The molecule has 0 saturated carbocycles. The van der Waals surface area contributed by atoms with Crippen LogP contribution in [0.1, 0.15) is 26.2 Å². The Kier molecular flexibility index (Phi) is 3.30. The first-order valence-electron chi connectivity index (χ1n) is 5.31. The van der Waals surface area contributed by atoms with Crippen LogP contribution in [0.25, 0.3) is 0 Å². The monoisotopic (exact) mass is 204 g/mol. The standard InChI is InChI=1S/C13H16S/c1-2-11-7-4-3-5-8-12(11)13-9-6-10-14-13/h3-4,7-9H,2,5-6,10H2,1H3. The summed E-state index contributed by atoms with van der Waals surface area (Å²) in [7, 11) is 0. The zero-order valence-corrected chi connectivity index (χ0v) is 9.44. The Labute approximate surface area is 90.5 Å². The summed E-state index contributed by atoms with van der Waals surface area (Å²) in [6.45, 7) is 2.24. The summed E-state index contributed by atoms with van der Waals surface area (Å²) >= 11 is 2.00. The van der Waals surface area contributed by atoms with Crippen molar-refractivity contribution in [2.75, 3.05) is 5.75 Å². The number of allylic oxidation sites excluding steroid dienone is 7. The molecular weight excluding hydrogens is 188 g/mol. The van der Waals surface area contributed by atoms with Crippen molar-refractivity contribution in [3.05, 3.63) is 46.4 Å². The molecule has 0 nitrogen and oxygen atoms in total. The average Bonchev–Trinajstić information content (AvgIpc) is 2.63. The van der Waals surface area contributed by atoms with Gasteiger partial charge in [-0.15, -0.1) is 11.8 Å². The molecule has 1 heterocycles. The molecule has 1 aliphatic carbocycles. The minimum Gasteiger partial charge on any atom is -0.126 e. The SMILES string of the molecule is CCC1=CC=CCC=C1C1=CCCS1. The van der Waals surface area contributed by atoms with Crippen molar-refractivity contribution in [3.8, 4) is 0 Å². The van der Waals surface area contributed by atoms with E-state index in [4.69, 9.17) is 0 Å². The van der Waals surface area contributed by atoms with Gasteiger partial charge < -0.3 is 0 Å². The maximum absolute atomic E-state index is 2.38. The predicted molar refractivity (Wildman–Crippen MR) is 65.4 cm³/mol. The summed E-state index contributed by atoms with van der Waals surface area (Å²) in [5.74, 6) is 1.26. The summed E-state index contributed by atoms with van der Waals surface area (Å²) in [4.78, 5) is 1.50. The van der Waals surface area contributed by atoms with Gasteiger partial charge in [0.15, 0.2) is 0 Å². The van der Waals surface area contributed by atoms with E-state index >= 15 is 0 Å². The lowest BCUT2D eigenvalue weighted by atomic mass is 10.0. The van der Waals surface area contributed by atoms with E-state index in [-0.39, 0.29) is 0 Å². The van der Waals surface area contributed by atoms with Crippen molar-refractivity contribution in [1.82, 2.24) is 0 Å². The Hall–Kier alpha value is -0.690. The molecule has 1 heteroatoms. The number of thioether (sulfide) groups is 1. The Bertz CT molecular complexity index is 329. The third kappa shape index (κ3) is 2.03. The predicted octanol–water partition coefficient (Wildman–Crippen LogP) is 4.23. The zero-order valence-electron chi connectivity index (χ0n) is 8.62. The molecule has 2 aliphatic rings. The van der Waals surface area contributed by atoms with Crippen molar-refractivity contribution in [2.24, 2.45) is 0 Å². The third-order valence-electron chi connectivity index (χ3n) is 2.59. The molecule has 0 radical (unpaired) electrons. The summed E-state index contributed by atoms with van der Waals surface area (Å²) in [6, 6.07) is 0. The molecule has 0 spiro atoms. The van der Waals surface area contributed by atoms with E-state index in [1.807, 2.05) is 11.8 Å². The summed E-state index contributed by atoms with van der Waals surface area (Å²) in [6.07, 6.45) is 14.9. The molecule has 0 saturated heterocycles. The summed E-state index contributed by atoms with van der Waals surface area (Å²) in [5.41, 5.74) is 2.97. The number of rotatable bonds is 2. The first kappa shape index (κ1) is 9.85. The first-order valence-corrected chi connectivity index (χ1v) is 6.30. The highest BCUT2D eigenvalue weighted by atomic mass is 32.2. The Morgan fingerprint density at radius 3 is 3.00 bits per heavy atom. The Morgan fingerprint density at radius 1 is 1.36 bits per heavy atom. The molecule has 0 atom stereocenters. The van der Waals surface area contributed by atoms with Crippen molar-refractivity contribution in [3.63, 3.8) is 0 Å². The lowest BCUT2D eigenvalue weighted by Crippen LogP contribution is -1.89. The minimum absolute atomic E-state index is 1.08. The number of hydrogen-bond donors (Lipinski definition) is 0. The number of hydrogen-bond acceptors (Lipinski definition) is 1. The smallest absolute Gasteiger partial charge is 0.0105 e. The lowest BCUT2D eigenvalue weighted by molar-refractivity contribution is 1.12. The van der Waals surface area contributed by atoms with Gasteiger partial charge in [0, 0.05) is 10.7 Å². The molecule has 0 fully saturated rings. The van der Waals surface area contributed by atoms with Crippen LogP contribution in [0.4, 0.5) is 0 Å².